The largest absolute Gasteiger partial charge is 0.372 e. The van der Waals surface area contributed by atoms with Crippen LogP contribution in [0.2, 0.25) is 0 Å². The fourth-order valence-electron chi connectivity index (χ4n) is 1.68. The molecule has 0 spiro atoms. The molecule has 0 atom stereocenters. The SMILES string of the molecule is CCCCN(C)c1cc(CNC)ccc1F. The normalized spacial score (nSPS) is 10.5. The van der Waals surface area contributed by atoms with E-state index in [1.807, 2.05) is 31.1 Å². The minimum absolute atomic E-state index is 0.140. The number of unbranched alkanes of at least 4 members (excludes halogenated alkanes) is 1. The Balaban J connectivity index is 2.79. The zero-order chi connectivity index (χ0) is 12.0. The first-order chi connectivity index (χ1) is 7.69. The zero-order valence-electron chi connectivity index (χ0n) is 10.4. The molecule has 0 radical (unpaired) electrons. The highest BCUT2D eigenvalue weighted by Gasteiger charge is 2.07. The van der Waals surface area contributed by atoms with Crippen molar-refractivity contribution in [1.29, 1.82) is 0 Å². The topological polar surface area (TPSA) is 15.3 Å². The van der Waals surface area contributed by atoms with Gasteiger partial charge in [-0.25, -0.2) is 4.39 Å². The summed E-state index contributed by atoms with van der Waals surface area (Å²) in [6, 6.07) is 5.29. The standard InChI is InChI=1S/C13H21FN2/c1-4-5-8-16(3)13-9-11(10-15-2)6-7-12(13)14/h6-7,9,15H,4-5,8,10H2,1-3H3. The molecule has 90 valence electrons. The molecule has 3 heteroatoms. The molecule has 16 heavy (non-hydrogen) atoms. The first kappa shape index (κ1) is 13.0. The molecule has 2 nitrogen and oxygen atoms in total. The van der Waals surface area contributed by atoms with Gasteiger partial charge in [0.15, 0.2) is 0 Å². The smallest absolute Gasteiger partial charge is 0.146 e. The molecule has 0 aliphatic heterocycles. The molecule has 0 heterocycles. The molecule has 1 aromatic carbocycles. The molecule has 0 aliphatic rings. The highest BCUT2D eigenvalue weighted by Crippen LogP contribution is 2.20. The van der Waals surface area contributed by atoms with Gasteiger partial charge in [0.1, 0.15) is 5.82 Å². The van der Waals surface area contributed by atoms with Crippen molar-refractivity contribution < 1.29 is 4.39 Å². The van der Waals surface area contributed by atoms with E-state index in [0.717, 1.165) is 31.5 Å². The predicted octanol–water partition coefficient (Wildman–Crippen LogP) is 2.78. The van der Waals surface area contributed by atoms with Gasteiger partial charge in [0, 0.05) is 20.1 Å². The summed E-state index contributed by atoms with van der Waals surface area (Å²) in [5.41, 5.74) is 1.81. The summed E-state index contributed by atoms with van der Waals surface area (Å²) < 4.78 is 13.6. The minimum atomic E-state index is -0.140. The second-order valence-corrected chi connectivity index (χ2v) is 4.09. The van der Waals surface area contributed by atoms with Crippen molar-refractivity contribution in [3.8, 4) is 0 Å². The third kappa shape index (κ3) is 3.49. The van der Waals surface area contributed by atoms with Crippen LogP contribution in [-0.4, -0.2) is 20.6 Å². The van der Waals surface area contributed by atoms with Crippen molar-refractivity contribution in [2.24, 2.45) is 0 Å². The van der Waals surface area contributed by atoms with Gasteiger partial charge in [0.05, 0.1) is 5.69 Å². The van der Waals surface area contributed by atoms with Crippen LogP contribution in [0.1, 0.15) is 25.3 Å². The van der Waals surface area contributed by atoms with E-state index in [4.69, 9.17) is 0 Å². The van der Waals surface area contributed by atoms with Crippen LogP contribution < -0.4 is 10.2 Å². The van der Waals surface area contributed by atoms with Gasteiger partial charge in [0.2, 0.25) is 0 Å². The number of benzene rings is 1. The molecule has 0 aliphatic carbocycles. The molecule has 0 unspecified atom stereocenters. The van der Waals surface area contributed by atoms with Crippen molar-refractivity contribution in [1.82, 2.24) is 5.32 Å². The van der Waals surface area contributed by atoms with Gasteiger partial charge in [-0.15, -0.1) is 0 Å². The average molecular weight is 224 g/mol. The van der Waals surface area contributed by atoms with Crippen LogP contribution in [0, 0.1) is 5.82 Å². The van der Waals surface area contributed by atoms with E-state index in [0.29, 0.717) is 5.69 Å². The second-order valence-electron chi connectivity index (χ2n) is 4.09. The lowest BCUT2D eigenvalue weighted by atomic mass is 10.1. The van der Waals surface area contributed by atoms with Gasteiger partial charge in [-0.05, 0) is 31.2 Å². The summed E-state index contributed by atoms with van der Waals surface area (Å²) >= 11 is 0. The lowest BCUT2D eigenvalue weighted by Crippen LogP contribution is -2.20. The lowest BCUT2D eigenvalue weighted by Gasteiger charge is -2.20. The fourth-order valence-corrected chi connectivity index (χ4v) is 1.68. The van der Waals surface area contributed by atoms with Crippen LogP contribution in [0.25, 0.3) is 0 Å². The maximum Gasteiger partial charge on any atom is 0.146 e. The monoisotopic (exact) mass is 224 g/mol. The molecular weight excluding hydrogens is 203 g/mol. The van der Waals surface area contributed by atoms with Gasteiger partial charge in [-0.3, -0.25) is 0 Å². The van der Waals surface area contributed by atoms with Crippen molar-refractivity contribution >= 4 is 5.69 Å². The molecule has 1 rings (SSSR count). The van der Waals surface area contributed by atoms with E-state index in [1.54, 1.807) is 6.07 Å². The predicted molar refractivity (Wildman–Crippen MR) is 67.3 cm³/mol. The number of nitrogens with one attached hydrogen (secondary N) is 1. The number of nitrogens with zero attached hydrogens (tertiary/aromatic N) is 1. The summed E-state index contributed by atoms with van der Waals surface area (Å²) in [7, 11) is 3.83. The Kier molecular flexibility index (Phi) is 5.26. The van der Waals surface area contributed by atoms with Crippen LogP contribution in [0.5, 0.6) is 0 Å². The van der Waals surface area contributed by atoms with Gasteiger partial charge >= 0.3 is 0 Å². The summed E-state index contributed by atoms with van der Waals surface area (Å²) in [4.78, 5) is 1.98. The zero-order valence-corrected chi connectivity index (χ0v) is 10.4. The highest BCUT2D eigenvalue weighted by molar-refractivity contribution is 5.49. The number of anilines is 1. The molecule has 0 aromatic heterocycles. The van der Waals surface area contributed by atoms with Crippen LogP contribution in [0.3, 0.4) is 0 Å². The Morgan fingerprint density at radius 1 is 1.38 bits per heavy atom. The van der Waals surface area contributed by atoms with Crippen LogP contribution in [0.15, 0.2) is 18.2 Å². The molecule has 0 saturated heterocycles. The summed E-state index contributed by atoms with van der Waals surface area (Å²) in [6.07, 6.45) is 2.22. The highest BCUT2D eigenvalue weighted by atomic mass is 19.1. The maximum absolute atomic E-state index is 13.6. The van der Waals surface area contributed by atoms with Gasteiger partial charge in [-0.2, -0.15) is 0 Å². The first-order valence-corrected chi connectivity index (χ1v) is 5.83. The molecule has 0 saturated carbocycles. The van der Waals surface area contributed by atoms with E-state index < -0.39 is 0 Å². The van der Waals surface area contributed by atoms with E-state index in [-0.39, 0.29) is 5.82 Å². The van der Waals surface area contributed by atoms with Crippen molar-refractivity contribution in [3.63, 3.8) is 0 Å². The van der Waals surface area contributed by atoms with Crippen LogP contribution >= 0.6 is 0 Å². The number of rotatable bonds is 6. The van der Waals surface area contributed by atoms with E-state index in [1.165, 1.54) is 0 Å². The first-order valence-electron chi connectivity index (χ1n) is 5.83. The third-order valence-corrected chi connectivity index (χ3v) is 2.65. The van der Waals surface area contributed by atoms with E-state index in [2.05, 4.69) is 12.2 Å². The quantitative estimate of drug-likeness (QED) is 0.799. The Labute approximate surface area is 97.5 Å². The molecule has 0 amide bonds. The van der Waals surface area contributed by atoms with E-state index in [9.17, 15) is 4.39 Å². The number of hydrogen-bond acceptors (Lipinski definition) is 2. The van der Waals surface area contributed by atoms with Crippen molar-refractivity contribution in [2.75, 3.05) is 25.5 Å². The molecule has 0 fully saturated rings. The summed E-state index contributed by atoms with van der Waals surface area (Å²) in [6.45, 7) is 3.81. The molecule has 1 aromatic rings. The number of halogens is 1. The van der Waals surface area contributed by atoms with Crippen molar-refractivity contribution in [3.05, 3.63) is 29.6 Å². The maximum atomic E-state index is 13.6. The second kappa shape index (κ2) is 6.48. The fraction of sp³-hybridized carbons (Fsp3) is 0.538. The molecular formula is C13H21FN2. The molecule has 0 bridgehead atoms. The van der Waals surface area contributed by atoms with Gasteiger partial charge in [-0.1, -0.05) is 19.4 Å². The minimum Gasteiger partial charge on any atom is -0.372 e. The van der Waals surface area contributed by atoms with Gasteiger partial charge in [0.25, 0.3) is 0 Å². The summed E-state index contributed by atoms with van der Waals surface area (Å²) in [5, 5.41) is 3.07. The Bertz CT molecular complexity index is 326. The average Bonchev–Trinajstić information content (AvgIpc) is 2.29. The Morgan fingerprint density at radius 3 is 2.75 bits per heavy atom. The van der Waals surface area contributed by atoms with Crippen LogP contribution in [0.4, 0.5) is 10.1 Å². The third-order valence-electron chi connectivity index (χ3n) is 2.65. The number of hydrogen-bond donors (Lipinski definition) is 1. The summed E-state index contributed by atoms with van der Waals surface area (Å²) in [5.74, 6) is -0.140. The van der Waals surface area contributed by atoms with Gasteiger partial charge < -0.3 is 10.2 Å². The molecule has 1 N–H and O–H groups in total. The van der Waals surface area contributed by atoms with E-state index >= 15 is 0 Å². The Hall–Kier alpha value is -1.09. The van der Waals surface area contributed by atoms with Crippen LogP contribution in [-0.2, 0) is 6.54 Å². The Morgan fingerprint density at radius 2 is 2.12 bits per heavy atom. The lowest BCUT2D eigenvalue weighted by molar-refractivity contribution is 0.618. The van der Waals surface area contributed by atoms with Crippen molar-refractivity contribution in [2.45, 2.75) is 26.3 Å².